The number of amides is 1. The highest BCUT2D eigenvalue weighted by atomic mass is 127. The molecule has 0 atom stereocenters. The number of rotatable bonds is 7. The van der Waals surface area contributed by atoms with Gasteiger partial charge in [-0.25, -0.2) is 9.78 Å². The fourth-order valence-electron chi connectivity index (χ4n) is 2.71. The Balaban J connectivity index is 0.00000420. The van der Waals surface area contributed by atoms with E-state index in [9.17, 15) is 4.79 Å². The van der Waals surface area contributed by atoms with Gasteiger partial charge in [-0.3, -0.25) is 4.99 Å². The molecule has 0 bridgehead atoms. The summed E-state index contributed by atoms with van der Waals surface area (Å²) < 4.78 is 10.5. The number of methoxy groups -OCH3 is 1. The van der Waals surface area contributed by atoms with Gasteiger partial charge in [0.25, 0.3) is 0 Å². The van der Waals surface area contributed by atoms with Crippen LogP contribution in [0.1, 0.15) is 20.8 Å². The molecule has 1 saturated heterocycles. The van der Waals surface area contributed by atoms with Crippen molar-refractivity contribution in [3.05, 3.63) is 11.6 Å². The number of piperazine rings is 1. The normalized spacial score (nSPS) is 15.1. The Morgan fingerprint density at radius 2 is 2.00 bits per heavy atom. The first-order chi connectivity index (χ1) is 13.3. The van der Waals surface area contributed by atoms with E-state index >= 15 is 0 Å². The molecule has 2 rings (SSSR count). The summed E-state index contributed by atoms with van der Waals surface area (Å²) in [7, 11) is 1.61. The first kappa shape index (κ1) is 25.7. The van der Waals surface area contributed by atoms with Crippen molar-refractivity contribution in [2.75, 3.05) is 64.4 Å². The van der Waals surface area contributed by atoms with Crippen LogP contribution in [0.4, 0.5) is 9.93 Å². The summed E-state index contributed by atoms with van der Waals surface area (Å²) in [5.74, 6) is 0.509. The number of thiazole rings is 1. The quantitative estimate of drug-likeness (QED) is 0.322. The number of guanidine groups is 1. The van der Waals surface area contributed by atoms with Crippen LogP contribution >= 0.6 is 35.3 Å². The predicted molar refractivity (Wildman–Crippen MR) is 127 cm³/mol. The van der Waals surface area contributed by atoms with Gasteiger partial charge < -0.3 is 29.9 Å². The van der Waals surface area contributed by atoms with E-state index < -0.39 is 5.60 Å². The van der Waals surface area contributed by atoms with Gasteiger partial charge in [-0.05, 0) is 20.8 Å². The fourth-order valence-corrected chi connectivity index (χ4v) is 3.40. The summed E-state index contributed by atoms with van der Waals surface area (Å²) >= 11 is 1.64. The number of anilines is 1. The van der Waals surface area contributed by atoms with Crippen molar-refractivity contribution in [3.8, 4) is 0 Å². The number of aromatic nitrogens is 1. The van der Waals surface area contributed by atoms with E-state index in [2.05, 4.69) is 19.8 Å². The van der Waals surface area contributed by atoms with Gasteiger partial charge in [0.1, 0.15) is 5.60 Å². The van der Waals surface area contributed by atoms with E-state index in [4.69, 9.17) is 15.2 Å². The minimum Gasteiger partial charge on any atom is -0.444 e. The van der Waals surface area contributed by atoms with Crippen molar-refractivity contribution >= 4 is 52.5 Å². The number of hydrogen-bond donors (Lipinski definition) is 1. The van der Waals surface area contributed by atoms with Gasteiger partial charge in [0.05, 0.1) is 13.2 Å². The molecule has 0 aliphatic carbocycles. The molecule has 2 heterocycles. The average Bonchev–Trinajstić information content (AvgIpc) is 3.17. The standard InChI is InChI=1S/C18H32N6O3S.HI/c1-18(2,3)27-17(25)24(12-13-26-4)7-5-20-15(19)22-8-10-23(11-9-22)16-21-6-14-28-16;/h6,14H,5,7-13H2,1-4H3,(H2,19,20);1H. The zero-order valence-electron chi connectivity index (χ0n) is 17.7. The number of carbonyl (C=O) groups excluding carboxylic acids is 1. The van der Waals surface area contributed by atoms with Crippen LogP contribution in [-0.2, 0) is 9.47 Å². The molecule has 0 saturated carbocycles. The molecule has 1 aliphatic rings. The molecular formula is C18H33IN6O3S. The van der Waals surface area contributed by atoms with Crippen LogP contribution < -0.4 is 10.6 Å². The van der Waals surface area contributed by atoms with Crippen molar-refractivity contribution in [2.45, 2.75) is 26.4 Å². The Labute approximate surface area is 194 Å². The number of carbonyl (C=O) groups is 1. The predicted octanol–water partition coefficient (Wildman–Crippen LogP) is 2.08. The molecule has 11 heteroatoms. The molecule has 1 aliphatic heterocycles. The molecule has 0 spiro atoms. The van der Waals surface area contributed by atoms with E-state index in [1.54, 1.807) is 23.3 Å². The van der Waals surface area contributed by atoms with Crippen LogP contribution in [0.2, 0.25) is 0 Å². The number of nitrogens with two attached hydrogens (primary N) is 1. The van der Waals surface area contributed by atoms with Gasteiger partial charge in [0.15, 0.2) is 11.1 Å². The SMILES string of the molecule is COCCN(CCN=C(N)N1CCN(c2nccs2)CC1)C(=O)OC(C)(C)C.I. The highest BCUT2D eigenvalue weighted by Gasteiger charge is 2.22. The molecule has 1 aromatic rings. The lowest BCUT2D eigenvalue weighted by atomic mass is 10.2. The van der Waals surface area contributed by atoms with Gasteiger partial charge in [-0.1, -0.05) is 0 Å². The number of ether oxygens (including phenoxy) is 2. The fraction of sp³-hybridized carbons (Fsp3) is 0.722. The summed E-state index contributed by atoms with van der Waals surface area (Å²) in [5, 5.41) is 3.03. The third-order valence-corrected chi connectivity index (χ3v) is 4.99. The summed E-state index contributed by atoms with van der Waals surface area (Å²) in [4.78, 5) is 27.1. The second kappa shape index (κ2) is 12.4. The number of hydrogen-bond acceptors (Lipinski definition) is 7. The molecule has 0 radical (unpaired) electrons. The summed E-state index contributed by atoms with van der Waals surface area (Å²) in [6.07, 6.45) is 1.46. The number of aliphatic imine (C=N–C) groups is 1. The Kier molecular flexibility index (Phi) is 11.0. The third kappa shape index (κ3) is 8.91. The third-order valence-electron chi connectivity index (χ3n) is 4.15. The lowest BCUT2D eigenvalue weighted by molar-refractivity contribution is 0.0208. The second-order valence-electron chi connectivity index (χ2n) is 7.49. The second-order valence-corrected chi connectivity index (χ2v) is 8.36. The molecular weight excluding hydrogens is 507 g/mol. The maximum Gasteiger partial charge on any atom is 0.410 e. The zero-order chi connectivity index (χ0) is 20.6. The van der Waals surface area contributed by atoms with E-state index in [0.717, 1.165) is 31.3 Å². The van der Waals surface area contributed by atoms with Crippen LogP contribution in [0.15, 0.2) is 16.6 Å². The summed E-state index contributed by atoms with van der Waals surface area (Å²) in [5.41, 5.74) is 5.62. The summed E-state index contributed by atoms with van der Waals surface area (Å²) in [6, 6.07) is 0. The van der Waals surface area contributed by atoms with E-state index in [1.165, 1.54) is 0 Å². The van der Waals surface area contributed by atoms with Crippen molar-refractivity contribution < 1.29 is 14.3 Å². The molecule has 1 amide bonds. The first-order valence-electron chi connectivity index (χ1n) is 9.46. The zero-order valence-corrected chi connectivity index (χ0v) is 20.8. The smallest absolute Gasteiger partial charge is 0.410 e. The van der Waals surface area contributed by atoms with Gasteiger partial charge in [-0.15, -0.1) is 35.3 Å². The first-order valence-corrected chi connectivity index (χ1v) is 10.3. The summed E-state index contributed by atoms with van der Waals surface area (Å²) in [6.45, 7) is 10.6. The van der Waals surface area contributed by atoms with Crippen LogP contribution in [0.25, 0.3) is 0 Å². The molecule has 1 fully saturated rings. The van der Waals surface area contributed by atoms with E-state index in [-0.39, 0.29) is 30.1 Å². The molecule has 2 N–H and O–H groups in total. The Morgan fingerprint density at radius 3 is 2.55 bits per heavy atom. The topological polar surface area (TPSA) is 96.5 Å². The number of halogens is 1. The average molecular weight is 540 g/mol. The molecule has 0 aromatic carbocycles. The minimum absolute atomic E-state index is 0. The van der Waals surface area contributed by atoms with Crippen molar-refractivity contribution in [2.24, 2.45) is 10.7 Å². The molecule has 1 aromatic heterocycles. The van der Waals surface area contributed by atoms with Crippen LogP contribution in [0, 0.1) is 0 Å². The Hall–Kier alpha value is -1.34. The van der Waals surface area contributed by atoms with Crippen molar-refractivity contribution in [1.82, 2.24) is 14.8 Å². The maximum absolute atomic E-state index is 12.3. The molecule has 166 valence electrons. The van der Waals surface area contributed by atoms with Gasteiger partial charge in [-0.2, -0.15) is 0 Å². The van der Waals surface area contributed by atoms with Crippen molar-refractivity contribution in [3.63, 3.8) is 0 Å². The largest absolute Gasteiger partial charge is 0.444 e. The lowest BCUT2D eigenvalue weighted by Gasteiger charge is -2.35. The van der Waals surface area contributed by atoms with Gasteiger partial charge in [0.2, 0.25) is 0 Å². The lowest BCUT2D eigenvalue weighted by Crippen LogP contribution is -2.51. The van der Waals surface area contributed by atoms with Crippen LogP contribution in [0.3, 0.4) is 0 Å². The highest BCUT2D eigenvalue weighted by molar-refractivity contribution is 14.0. The van der Waals surface area contributed by atoms with Gasteiger partial charge in [0, 0.05) is 58.0 Å². The van der Waals surface area contributed by atoms with Crippen molar-refractivity contribution in [1.29, 1.82) is 0 Å². The molecule has 29 heavy (non-hydrogen) atoms. The number of nitrogens with zero attached hydrogens (tertiary/aromatic N) is 5. The monoisotopic (exact) mass is 540 g/mol. The molecule has 0 unspecified atom stereocenters. The highest BCUT2D eigenvalue weighted by Crippen LogP contribution is 2.18. The van der Waals surface area contributed by atoms with E-state index in [1.807, 2.05) is 32.3 Å². The van der Waals surface area contributed by atoms with Crippen LogP contribution in [-0.4, -0.2) is 92.0 Å². The van der Waals surface area contributed by atoms with Crippen LogP contribution in [0.5, 0.6) is 0 Å². The molecule has 9 nitrogen and oxygen atoms in total. The Bertz CT molecular complexity index is 630. The Morgan fingerprint density at radius 1 is 1.31 bits per heavy atom. The maximum atomic E-state index is 12.3. The van der Waals surface area contributed by atoms with Gasteiger partial charge >= 0.3 is 6.09 Å². The van der Waals surface area contributed by atoms with E-state index in [0.29, 0.717) is 32.2 Å². The minimum atomic E-state index is -0.540.